The zero-order chi connectivity index (χ0) is 22.6. The first-order valence-corrected chi connectivity index (χ1v) is 10.4. The number of ether oxygens (including phenoxy) is 2. The van der Waals surface area contributed by atoms with E-state index in [4.69, 9.17) is 4.74 Å². The minimum atomic E-state index is -2.84. The number of alkyl halides is 2. The summed E-state index contributed by atoms with van der Waals surface area (Å²) < 4.78 is 34.4. The summed E-state index contributed by atoms with van der Waals surface area (Å²) >= 11 is 0. The Kier molecular flexibility index (Phi) is 10.5. The molecule has 1 aliphatic heterocycles. The first-order chi connectivity index (χ1) is 14.8. The third kappa shape index (κ3) is 9.48. The maximum Gasteiger partial charge on any atom is 0.387 e. The number of morpholine rings is 1. The average molecular weight is 442 g/mol. The van der Waals surface area contributed by atoms with Crippen molar-refractivity contribution in [1.29, 1.82) is 0 Å². The molecular weight excluding hydrogens is 408 g/mol. The van der Waals surface area contributed by atoms with E-state index >= 15 is 0 Å². The molecule has 0 unspecified atom stereocenters. The van der Waals surface area contributed by atoms with Crippen molar-refractivity contribution in [2.75, 3.05) is 67.1 Å². The molecule has 1 aromatic rings. The number of guanidine groups is 1. The second-order valence-corrected chi connectivity index (χ2v) is 7.54. The van der Waals surface area contributed by atoms with Crippen LogP contribution in [0.2, 0.25) is 0 Å². The molecular formula is C21H33F2N5O3. The molecule has 1 heterocycles. The number of amides is 1. The van der Waals surface area contributed by atoms with Crippen molar-refractivity contribution in [3.8, 4) is 5.75 Å². The van der Waals surface area contributed by atoms with Gasteiger partial charge in [-0.25, -0.2) is 4.99 Å². The number of carbonyl (C=O) groups excluding carboxylic acids is 1. The van der Waals surface area contributed by atoms with Crippen LogP contribution in [0.1, 0.15) is 12.0 Å². The average Bonchev–Trinajstić information content (AvgIpc) is 2.74. The van der Waals surface area contributed by atoms with E-state index in [2.05, 4.69) is 19.9 Å². The van der Waals surface area contributed by atoms with Gasteiger partial charge in [-0.15, -0.1) is 0 Å². The summed E-state index contributed by atoms with van der Waals surface area (Å²) in [6.07, 6.45) is 0.939. The molecule has 1 aromatic carbocycles. The fourth-order valence-electron chi connectivity index (χ4n) is 3.05. The number of benzene rings is 1. The number of likely N-dealkylation sites (N-methyl/N-ethyl adjacent to an activating group) is 1. The second-order valence-electron chi connectivity index (χ2n) is 7.54. The summed E-state index contributed by atoms with van der Waals surface area (Å²) in [5.41, 5.74) is 0.908. The molecule has 8 nitrogen and oxygen atoms in total. The number of hydrogen-bond acceptors (Lipinski definition) is 5. The van der Waals surface area contributed by atoms with Crippen LogP contribution in [0.3, 0.4) is 0 Å². The maximum absolute atomic E-state index is 12.3. The van der Waals surface area contributed by atoms with Crippen molar-refractivity contribution >= 4 is 11.9 Å². The minimum absolute atomic E-state index is 0.0459. The molecule has 0 atom stereocenters. The molecule has 31 heavy (non-hydrogen) atoms. The van der Waals surface area contributed by atoms with Crippen molar-refractivity contribution in [3.63, 3.8) is 0 Å². The van der Waals surface area contributed by atoms with Crippen LogP contribution in [0.25, 0.3) is 0 Å². The van der Waals surface area contributed by atoms with E-state index in [0.717, 1.165) is 51.4 Å². The first-order valence-electron chi connectivity index (χ1n) is 10.4. The Hall–Kier alpha value is -2.46. The van der Waals surface area contributed by atoms with E-state index in [-0.39, 0.29) is 18.2 Å². The lowest BCUT2D eigenvalue weighted by molar-refractivity contribution is -0.127. The number of carbonyl (C=O) groups is 1. The molecule has 1 fully saturated rings. The molecule has 0 bridgehead atoms. The highest BCUT2D eigenvalue weighted by molar-refractivity contribution is 5.84. The van der Waals surface area contributed by atoms with E-state index in [1.54, 1.807) is 26.2 Å². The number of nitrogens with one attached hydrogen (secondary N) is 1. The predicted octanol–water partition coefficient (Wildman–Crippen LogP) is 1.48. The summed E-state index contributed by atoms with van der Waals surface area (Å²) in [7, 11) is 5.26. The molecule has 2 rings (SSSR count). The zero-order valence-electron chi connectivity index (χ0n) is 18.5. The third-order valence-electron chi connectivity index (χ3n) is 4.83. The van der Waals surface area contributed by atoms with Gasteiger partial charge in [0.15, 0.2) is 5.96 Å². The van der Waals surface area contributed by atoms with Crippen LogP contribution in [0, 0.1) is 0 Å². The number of nitrogens with zero attached hydrogens (tertiary/aromatic N) is 4. The van der Waals surface area contributed by atoms with Gasteiger partial charge in [-0.2, -0.15) is 8.78 Å². The van der Waals surface area contributed by atoms with Gasteiger partial charge in [0.1, 0.15) is 12.3 Å². The van der Waals surface area contributed by atoms with Gasteiger partial charge in [-0.3, -0.25) is 9.69 Å². The van der Waals surface area contributed by atoms with Gasteiger partial charge in [-0.05, 0) is 30.7 Å². The fourth-order valence-corrected chi connectivity index (χ4v) is 3.05. The highest BCUT2D eigenvalue weighted by atomic mass is 19.3. The first kappa shape index (κ1) is 24.8. The van der Waals surface area contributed by atoms with Gasteiger partial charge in [0.05, 0.1) is 13.2 Å². The Morgan fingerprint density at radius 1 is 1.23 bits per heavy atom. The summed E-state index contributed by atoms with van der Waals surface area (Å²) in [4.78, 5) is 22.2. The van der Waals surface area contributed by atoms with Crippen LogP contribution < -0.4 is 10.1 Å². The molecule has 1 amide bonds. The zero-order valence-corrected chi connectivity index (χ0v) is 18.5. The number of hydrogen-bond donors (Lipinski definition) is 1. The summed E-state index contributed by atoms with van der Waals surface area (Å²) in [5.74, 6) is 0.646. The van der Waals surface area contributed by atoms with Crippen LogP contribution >= 0.6 is 0 Å². The molecule has 174 valence electrons. The number of aliphatic imine (C=N–C) groups is 1. The van der Waals surface area contributed by atoms with E-state index in [1.165, 1.54) is 17.0 Å². The third-order valence-corrected chi connectivity index (χ3v) is 4.83. The summed E-state index contributed by atoms with van der Waals surface area (Å²) in [6.45, 7) is 2.83. The Labute approximate surface area is 182 Å². The lowest BCUT2D eigenvalue weighted by atomic mass is 10.2. The van der Waals surface area contributed by atoms with Gasteiger partial charge >= 0.3 is 6.61 Å². The Morgan fingerprint density at radius 3 is 2.52 bits per heavy atom. The molecule has 0 spiro atoms. The molecule has 0 saturated carbocycles. The lowest BCUT2D eigenvalue weighted by Crippen LogP contribution is -2.42. The van der Waals surface area contributed by atoms with E-state index in [9.17, 15) is 13.6 Å². The lowest BCUT2D eigenvalue weighted by Gasteiger charge is -2.27. The van der Waals surface area contributed by atoms with Gasteiger partial charge < -0.3 is 24.6 Å². The van der Waals surface area contributed by atoms with Crippen molar-refractivity contribution in [2.24, 2.45) is 4.99 Å². The highest BCUT2D eigenvalue weighted by Crippen LogP contribution is 2.15. The summed E-state index contributed by atoms with van der Waals surface area (Å²) in [5, 5.41) is 3.33. The second kappa shape index (κ2) is 13.1. The molecule has 1 N–H and O–H groups in total. The van der Waals surface area contributed by atoms with Gasteiger partial charge in [0.25, 0.3) is 0 Å². The van der Waals surface area contributed by atoms with Crippen molar-refractivity contribution in [1.82, 2.24) is 20.0 Å². The molecule has 0 radical (unpaired) electrons. The van der Waals surface area contributed by atoms with Crippen molar-refractivity contribution in [3.05, 3.63) is 29.8 Å². The van der Waals surface area contributed by atoms with Crippen LogP contribution in [0.4, 0.5) is 8.78 Å². The smallest absolute Gasteiger partial charge is 0.387 e. The molecule has 10 heteroatoms. The quantitative estimate of drug-likeness (QED) is 0.337. The topological polar surface area (TPSA) is 69.6 Å². The standard InChI is InChI=1S/C21H33F2N5O3/c1-26(2)19(29)15-25-21(24-9-4-10-28-11-13-30-14-12-28)27(3)16-17-5-7-18(8-6-17)31-20(22)23/h5-8,20H,4,9-16H2,1-3H3,(H,24,25). The minimum Gasteiger partial charge on any atom is -0.435 e. The van der Waals surface area contributed by atoms with Crippen LogP contribution in [-0.2, 0) is 16.1 Å². The van der Waals surface area contributed by atoms with Crippen LogP contribution in [0.5, 0.6) is 5.75 Å². The van der Waals surface area contributed by atoms with Crippen LogP contribution in [0.15, 0.2) is 29.3 Å². The predicted molar refractivity (Wildman–Crippen MR) is 115 cm³/mol. The maximum atomic E-state index is 12.3. The van der Waals surface area contributed by atoms with Crippen LogP contribution in [-0.4, -0.2) is 100 Å². The monoisotopic (exact) mass is 441 g/mol. The SMILES string of the molecule is CN(C)C(=O)CN=C(NCCCN1CCOCC1)N(C)Cc1ccc(OC(F)F)cc1. The Morgan fingerprint density at radius 2 is 1.90 bits per heavy atom. The summed E-state index contributed by atoms with van der Waals surface area (Å²) in [6, 6.07) is 6.49. The van der Waals surface area contributed by atoms with Gasteiger partial charge in [0, 0.05) is 47.3 Å². The van der Waals surface area contributed by atoms with E-state index in [1.807, 2.05) is 11.9 Å². The Bertz CT molecular complexity index is 695. The molecule has 0 aromatic heterocycles. The molecule has 0 aliphatic carbocycles. The number of halogens is 2. The normalized spacial score (nSPS) is 15.1. The Balaban J connectivity index is 1.92. The van der Waals surface area contributed by atoms with Crippen molar-refractivity contribution in [2.45, 2.75) is 19.6 Å². The highest BCUT2D eigenvalue weighted by Gasteiger charge is 2.12. The molecule has 1 saturated heterocycles. The van der Waals surface area contributed by atoms with Gasteiger partial charge in [0.2, 0.25) is 5.91 Å². The largest absolute Gasteiger partial charge is 0.435 e. The van der Waals surface area contributed by atoms with E-state index in [0.29, 0.717) is 12.5 Å². The fraction of sp³-hybridized carbons (Fsp3) is 0.619. The van der Waals surface area contributed by atoms with E-state index < -0.39 is 6.61 Å². The number of rotatable bonds is 10. The van der Waals surface area contributed by atoms with Gasteiger partial charge in [-0.1, -0.05) is 12.1 Å². The van der Waals surface area contributed by atoms with Crippen molar-refractivity contribution < 1.29 is 23.0 Å². The molecule has 1 aliphatic rings.